The molecule has 3 rings (SSSR count). The highest BCUT2D eigenvalue weighted by atomic mass is 35.5. The van der Waals surface area contributed by atoms with E-state index in [-0.39, 0.29) is 18.2 Å². The van der Waals surface area contributed by atoms with Crippen LogP contribution in [0.2, 0.25) is 5.02 Å². The number of halogens is 1. The zero-order chi connectivity index (χ0) is 15.7. The standard InChI is InChI=1S/C14H13ClN4O2S/c1-7-4-12(19-18-7)17-13(20)6-11-14(21)16-9-5-8(15)2-3-10(9)22-11/h2-5,11H,6H2,1H3,(H,16,21)(H2,17,18,19,20). The molecular weight excluding hydrogens is 324 g/mol. The second kappa shape index (κ2) is 6.02. The predicted molar refractivity (Wildman–Crippen MR) is 86.3 cm³/mol. The number of thioether (sulfide) groups is 1. The molecule has 0 bridgehead atoms. The normalized spacial score (nSPS) is 16.8. The Morgan fingerprint density at radius 3 is 3.00 bits per heavy atom. The molecule has 114 valence electrons. The third-order valence-corrected chi connectivity index (χ3v) is 4.62. The summed E-state index contributed by atoms with van der Waals surface area (Å²) in [5.74, 6) is 0.000545. The summed E-state index contributed by atoms with van der Waals surface area (Å²) >= 11 is 7.26. The van der Waals surface area contributed by atoms with Crippen molar-refractivity contribution in [2.75, 3.05) is 10.6 Å². The SMILES string of the molecule is Cc1cc(NC(=O)CC2Sc3ccc(Cl)cc3NC2=O)n[nH]1. The third-order valence-electron chi connectivity index (χ3n) is 3.11. The summed E-state index contributed by atoms with van der Waals surface area (Å²) in [6, 6.07) is 7.02. The Hall–Kier alpha value is -1.99. The van der Waals surface area contributed by atoms with Gasteiger partial charge in [0.1, 0.15) is 0 Å². The minimum absolute atomic E-state index is 0.0739. The number of benzene rings is 1. The van der Waals surface area contributed by atoms with Gasteiger partial charge in [0.2, 0.25) is 11.8 Å². The van der Waals surface area contributed by atoms with Gasteiger partial charge in [-0.05, 0) is 25.1 Å². The number of H-pyrrole nitrogens is 1. The number of anilines is 2. The molecule has 1 aliphatic heterocycles. The highest BCUT2D eigenvalue weighted by Gasteiger charge is 2.29. The highest BCUT2D eigenvalue weighted by Crippen LogP contribution is 2.38. The Kier molecular flexibility index (Phi) is 4.08. The van der Waals surface area contributed by atoms with E-state index in [2.05, 4.69) is 20.8 Å². The Morgan fingerprint density at radius 2 is 2.27 bits per heavy atom. The van der Waals surface area contributed by atoms with E-state index in [4.69, 9.17) is 11.6 Å². The summed E-state index contributed by atoms with van der Waals surface area (Å²) in [5.41, 5.74) is 1.54. The maximum Gasteiger partial charge on any atom is 0.238 e. The largest absolute Gasteiger partial charge is 0.324 e. The first-order valence-electron chi connectivity index (χ1n) is 6.60. The number of carbonyl (C=O) groups is 2. The van der Waals surface area contributed by atoms with Crippen LogP contribution in [0.25, 0.3) is 0 Å². The van der Waals surface area contributed by atoms with E-state index in [1.165, 1.54) is 11.8 Å². The topological polar surface area (TPSA) is 86.9 Å². The fourth-order valence-electron chi connectivity index (χ4n) is 2.10. The molecule has 0 aliphatic carbocycles. The number of nitrogens with zero attached hydrogens (tertiary/aromatic N) is 1. The molecule has 1 aromatic heterocycles. The second-order valence-corrected chi connectivity index (χ2v) is 6.61. The summed E-state index contributed by atoms with van der Waals surface area (Å²) in [7, 11) is 0. The summed E-state index contributed by atoms with van der Waals surface area (Å²) in [4.78, 5) is 25.0. The molecule has 0 radical (unpaired) electrons. The first kappa shape index (κ1) is 14.9. The fraction of sp³-hybridized carbons (Fsp3) is 0.214. The molecular formula is C14H13ClN4O2S. The van der Waals surface area contributed by atoms with Gasteiger partial charge in [0.25, 0.3) is 0 Å². The summed E-state index contributed by atoms with van der Waals surface area (Å²) in [6.45, 7) is 1.84. The van der Waals surface area contributed by atoms with Gasteiger partial charge in [-0.3, -0.25) is 14.7 Å². The first-order valence-corrected chi connectivity index (χ1v) is 7.86. The first-order chi connectivity index (χ1) is 10.5. The van der Waals surface area contributed by atoms with Crippen molar-refractivity contribution in [2.24, 2.45) is 0 Å². The van der Waals surface area contributed by atoms with Gasteiger partial charge in [-0.15, -0.1) is 11.8 Å². The minimum Gasteiger partial charge on any atom is -0.324 e. The Morgan fingerprint density at radius 1 is 1.45 bits per heavy atom. The van der Waals surface area contributed by atoms with Gasteiger partial charge in [0, 0.05) is 28.1 Å². The van der Waals surface area contributed by atoms with Crippen molar-refractivity contribution in [3.8, 4) is 0 Å². The van der Waals surface area contributed by atoms with Crippen molar-refractivity contribution in [3.05, 3.63) is 35.0 Å². The Labute approximate surface area is 136 Å². The van der Waals surface area contributed by atoms with Crippen LogP contribution in [0.1, 0.15) is 12.1 Å². The van der Waals surface area contributed by atoms with Gasteiger partial charge in [0.05, 0.1) is 10.9 Å². The quantitative estimate of drug-likeness (QED) is 0.804. The molecule has 1 unspecified atom stereocenters. The van der Waals surface area contributed by atoms with Gasteiger partial charge in [-0.1, -0.05) is 11.6 Å². The number of nitrogens with one attached hydrogen (secondary N) is 3. The Balaban J connectivity index is 1.66. The fourth-order valence-corrected chi connectivity index (χ4v) is 3.36. The maximum absolute atomic E-state index is 12.1. The number of aromatic amines is 1. The maximum atomic E-state index is 12.1. The van der Waals surface area contributed by atoms with Crippen LogP contribution >= 0.6 is 23.4 Å². The number of hydrogen-bond donors (Lipinski definition) is 3. The number of carbonyl (C=O) groups excluding carboxylic acids is 2. The molecule has 2 heterocycles. The van der Waals surface area contributed by atoms with E-state index in [1.54, 1.807) is 18.2 Å². The van der Waals surface area contributed by atoms with Gasteiger partial charge in [-0.25, -0.2) is 0 Å². The highest BCUT2D eigenvalue weighted by molar-refractivity contribution is 8.01. The molecule has 0 saturated carbocycles. The van der Waals surface area contributed by atoms with Crippen molar-refractivity contribution in [1.82, 2.24) is 10.2 Å². The molecule has 1 atom stereocenters. The molecule has 2 amide bonds. The van der Waals surface area contributed by atoms with Gasteiger partial charge >= 0.3 is 0 Å². The van der Waals surface area contributed by atoms with E-state index in [0.717, 1.165) is 10.6 Å². The monoisotopic (exact) mass is 336 g/mol. The minimum atomic E-state index is -0.478. The van der Waals surface area contributed by atoms with Crippen LogP contribution in [0.3, 0.4) is 0 Å². The van der Waals surface area contributed by atoms with Crippen LogP contribution < -0.4 is 10.6 Å². The van der Waals surface area contributed by atoms with E-state index in [9.17, 15) is 9.59 Å². The summed E-state index contributed by atoms with van der Waals surface area (Å²) in [6.07, 6.45) is 0.0739. The zero-order valence-corrected chi connectivity index (χ0v) is 13.2. The predicted octanol–water partition coefficient (Wildman–Crippen LogP) is 2.81. The van der Waals surface area contributed by atoms with Crippen molar-refractivity contribution in [3.63, 3.8) is 0 Å². The van der Waals surface area contributed by atoms with Crippen molar-refractivity contribution in [2.45, 2.75) is 23.5 Å². The smallest absolute Gasteiger partial charge is 0.238 e. The average Bonchev–Trinajstić information content (AvgIpc) is 2.85. The lowest BCUT2D eigenvalue weighted by molar-refractivity contribution is -0.120. The van der Waals surface area contributed by atoms with Crippen molar-refractivity contribution < 1.29 is 9.59 Å². The van der Waals surface area contributed by atoms with E-state index >= 15 is 0 Å². The van der Waals surface area contributed by atoms with Crippen LogP contribution in [0.4, 0.5) is 11.5 Å². The summed E-state index contributed by atoms with van der Waals surface area (Å²) < 4.78 is 0. The number of fused-ring (bicyclic) bond motifs is 1. The van der Waals surface area contributed by atoms with Crippen molar-refractivity contribution >= 4 is 46.7 Å². The lowest BCUT2D eigenvalue weighted by Gasteiger charge is -2.23. The number of rotatable bonds is 3. The summed E-state index contributed by atoms with van der Waals surface area (Å²) in [5, 5.41) is 12.2. The van der Waals surface area contributed by atoms with Crippen LogP contribution in [0, 0.1) is 6.92 Å². The molecule has 0 spiro atoms. The lowest BCUT2D eigenvalue weighted by Crippen LogP contribution is -2.32. The van der Waals surface area contributed by atoms with Crippen LogP contribution in [0.5, 0.6) is 0 Å². The number of aromatic nitrogens is 2. The average molecular weight is 337 g/mol. The molecule has 0 fully saturated rings. The molecule has 1 aromatic carbocycles. The molecule has 1 aliphatic rings. The Bertz CT molecular complexity index is 746. The zero-order valence-electron chi connectivity index (χ0n) is 11.6. The van der Waals surface area contributed by atoms with Crippen molar-refractivity contribution in [1.29, 1.82) is 0 Å². The van der Waals surface area contributed by atoms with Gasteiger partial charge < -0.3 is 10.6 Å². The number of amides is 2. The molecule has 2 aromatic rings. The number of aryl methyl sites for hydroxylation is 1. The molecule has 8 heteroatoms. The van der Waals surface area contributed by atoms with Gasteiger partial charge in [0.15, 0.2) is 5.82 Å². The van der Waals surface area contributed by atoms with E-state index < -0.39 is 5.25 Å². The molecule has 0 saturated heterocycles. The lowest BCUT2D eigenvalue weighted by atomic mass is 10.2. The van der Waals surface area contributed by atoms with Gasteiger partial charge in [-0.2, -0.15) is 5.10 Å². The third kappa shape index (κ3) is 3.26. The molecule has 6 nitrogen and oxygen atoms in total. The molecule has 3 N–H and O–H groups in total. The number of hydrogen-bond acceptors (Lipinski definition) is 4. The van der Waals surface area contributed by atoms with E-state index in [1.807, 2.05) is 13.0 Å². The second-order valence-electron chi connectivity index (χ2n) is 4.92. The van der Waals surface area contributed by atoms with Crippen LogP contribution in [0.15, 0.2) is 29.2 Å². The van der Waals surface area contributed by atoms with Crippen LogP contribution in [-0.2, 0) is 9.59 Å². The van der Waals surface area contributed by atoms with Crippen LogP contribution in [-0.4, -0.2) is 27.3 Å². The molecule has 22 heavy (non-hydrogen) atoms. The van der Waals surface area contributed by atoms with E-state index in [0.29, 0.717) is 16.5 Å².